The number of rotatable bonds is 5. The van der Waals surface area contributed by atoms with Crippen LogP contribution < -0.4 is 14.2 Å². The molecule has 1 aromatic carbocycles. The standard InChI is InChI=1S/C11H12Cl2O5/c1-4-18-10-8(16-2)6(12)5(11(14)15)7(13)9(10)17-3/h4H2,1-3H3,(H,14,15). The number of carboxylic acid groups (broad SMARTS) is 1. The summed E-state index contributed by atoms with van der Waals surface area (Å²) in [5.41, 5.74) is -0.282. The summed E-state index contributed by atoms with van der Waals surface area (Å²) in [5, 5.41) is 8.83. The Morgan fingerprint density at radius 1 is 1.11 bits per heavy atom. The zero-order valence-electron chi connectivity index (χ0n) is 10.0. The Balaban J connectivity index is 3.68. The maximum Gasteiger partial charge on any atom is 0.339 e. The number of hydrogen-bond donors (Lipinski definition) is 1. The van der Waals surface area contributed by atoms with Gasteiger partial charge in [-0.1, -0.05) is 23.2 Å². The van der Waals surface area contributed by atoms with Gasteiger partial charge in [-0.15, -0.1) is 0 Å². The van der Waals surface area contributed by atoms with E-state index < -0.39 is 5.97 Å². The molecule has 18 heavy (non-hydrogen) atoms. The van der Waals surface area contributed by atoms with E-state index in [2.05, 4.69) is 0 Å². The van der Waals surface area contributed by atoms with Gasteiger partial charge in [0.25, 0.3) is 0 Å². The van der Waals surface area contributed by atoms with Crippen LogP contribution in [0.3, 0.4) is 0 Å². The van der Waals surface area contributed by atoms with Crippen LogP contribution in [0.2, 0.25) is 10.0 Å². The van der Waals surface area contributed by atoms with Gasteiger partial charge in [0, 0.05) is 0 Å². The molecule has 0 unspecified atom stereocenters. The van der Waals surface area contributed by atoms with Crippen molar-refractivity contribution in [3.63, 3.8) is 0 Å². The van der Waals surface area contributed by atoms with Crippen molar-refractivity contribution in [2.75, 3.05) is 20.8 Å². The van der Waals surface area contributed by atoms with Crippen molar-refractivity contribution in [3.05, 3.63) is 15.6 Å². The van der Waals surface area contributed by atoms with Crippen LogP contribution in [0.4, 0.5) is 0 Å². The quantitative estimate of drug-likeness (QED) is 0.904. The summed E-state index contributed by atoms with van der Waals surface area (Å²) >= 11 is 11.9. The zero-order chi connectivity index (χ0) is 13.9. The first-order valence-electron chi connectivity index (χ1n) is 4.98. The van der Waals surface area contributed by atoms with Gasteiger partial charge in [0.2, 0.25) is 5.75 Å². The van der Waals surface area contributed by atoms with Crippen molar-refractivity contribution >= 4 is 29.2 Å². The summed E-state index contributed by atoms with van der Waals surface area (Å²) in [6.45, 7) is 2.08. The average Bonchev–Trinajstić information content (AvgIpc) is 2.29. The first-order valence-corrected chi connectivity index (χ1v) is 5.74. The smallest absolute Gasteiger partial charge is 0.339 e. The molecule has 1 rings (SSSR count). The van der Waals surface area contributed by atoms with Crippen molar-refractivity contribution < 1.29 is 24.1 Å². The number of halogens is 2. The minimum Gasteiger partial charge on any atom is -0.491 e. The van der Waals surface area contributed by atoms with Crippen molar-refractivity contribution in [2.24, 2.45) is 0 Å². The molecule has 0 aliphatic rings. The number of benzene rings is 1. The van der Waals surface area contributed by atoms with Crippen LogP contribution in [-0.4, -0.2) is 31.9 Å². The Bertz CT molecular complexity index is 442. The lowest BCUT2D eigenvalue weighted by atomic mass is 10.1. The van der Waals surface area contributed by atoms with E-state index in [0.29, 0.717) is 6.61 Å². The van der Waals surface area contributed by atoms with Gasteiger partial charge in [-0.25, -0.2) is 4.79 Å². The maximum atomic E-state index is 11.1. The van der Waals surface area contributed by atoms with E-state index in [9.17, 15) is 4.79 Å². The predicted octanol–water partition coefficient (Wildman–Crippen LogP) is 3.11. The van der Waals surface area contributed by atoms with Gasteiger partial charge in [0.1, 0.15) is 15.6 Å². The van der Waals surface area contributed by atoms with Gasteiger partial charge in [-0.2, -0.15) is 0 Å². The van der Waals surface area contributed by atoms with Crippen LogP contribution in [-0.2, 0) is 0 Å². The molecule has 0 bridgehead atoms. The number of aromatic carboxylic acids is 1. The molecule has 0 amide bonds. The first kappa shape index (κ1) is 14.7. The van der Waals surface area contributed by atoms with E-state index in [0.717, 1.165) is 0 Å². The molecule has 0 aliphatic heterocycles. The highest BCUT2D eigenvalue weighted by molar-refractivity contribution is 6.41. The lowest BCUT2D eigenvalue weighted by molar-refractivity contribution is 0.0696. The third-order valence-corrected chi connectivity index (χ3v) is 2.88. The highest BCUT2D eigenvalue weighted by atomic mass is 35.5. The maximum absolute atomic E-state index is 11.1. The number of carboxylic acids is 1. The molecular weight excluding hydrogens is 283 g/mol. The van der Waals surface area contributed by atoms with Gasteiger partial charge in [-0.3, -0.25) is 0 Å². The summed E-state index contributed by atoms with van der Waals surface area (Å²) in [6, 6.07) is 0. The summed E-state index contributed by atoms with van der Waals surface area (Å²) in [5.74, 6) is -0.929. The highest BCUT2D eigenvalue weighted by Gasteiger charge is 2.28. The molecular formula is C11H12Cl2O5. The molecule has 1 N–H and O–H groups in total. The number of hydrogen-bond acceptors (Lipinski definition) is 4. The van der Waals surface area contributed by atoms with Gasteiger partial charge in [-0.05, 0) is 6.92 Å². The molecule has 0 radical (unpaired) electrons. The van der Waals surface area contributed by atoms with E-state index in [-0.39, 0.29) is 32.9 Å². The molecule has 0 aromatic heterocycles. The largest absolute Gasteiger partial charge is 0.491 e. The molecule has 0 saturated heterocycles. The van der Waals surface area contributed by atoms with Crippen LogP contribution in [0.15, 0.2) is 0 Å². The van der Waals surface area contributed by atoms with E-state index in [1.165, 1.54) is 14.2 Å². The second-order valence-electron chi connectivity index (χ2n) is 3.14. The van der Waals surface area contributed by atoms with E-state index in [1.807, 2.05) is 0 Å². The number of methoxy groups -OCH3 is 2. The van der Waals surface area contributed by atoms with E-state index in [4.69, 9.17) is 42.5 Å². The minimum atomic E-state index is -1.27. The normalized spacial score (nSPS) is 10.1. The summed E-state index contributed by atoms with van der Waals surface area (Å²) < 4.78 is 15.5. The Morgan fingerprint density at radius 2 is 1.56 bits per heavy atom. The van der Waals surface area contributed by atoms with Gasteiger partial charge < -0.3 is 19.3 Å². The molecule has 100 valence electrons. The molecule has 7 heteroatoms. The molecule has 0 saturated carbocycles. The van der Waals surface area contributed by atoms with Gasteiger partial charge in [0.15, 0.2) is 11.5 Å². The van der Waals surface area contributed by atoms with Crippen LogP contribution in [0, 0.1) is 0 Å². The van der Waals surface area contributed by atoms with Gasteiger partial charge >= 0.3 is 5.97 Å². The lowest BCUT2D eigenvalue weighted by Crippen LogP contribution is -2.06. The SMILES string of the molecule is CCOc1c(OC)c(Cl)c(C(=O)O)c(Cl)c1OC. The summed E-state index contributed by atoms with van der Waals surface area (Å²) in [7, 11) is 2.70. The first-order chi connectivity index (χ1) is 8.49. The van der Waals surface area contributed by atoms with Crippen LogP contribution in [0.5, 0.6) is 17.2 Å². The lowest BCUT2D eigenvalue weighted by Gasteiger charge is -2.17. The number of ether oxygens (including phenoxy) is 3. The average molecular weight is 295 g/mol. The molecule has 0 aliphatic carbocycles. The minimum absolute atomic E-state index is 0.0807. The van der Waals surface area contributed by atoms with Crippen molar-refractivity contribution in [2.45, 2.75) is 6.92 Å². The van der Waals surface area contributed by atoms with Gasteiger partial charge in [0.05, 0.1) is 20.8 Å². The third-order valence-electron chi connectivity index (χ3n) is 2.16. The Kier molecular flexibility index (Phi) is 4.93. The van der Waals surface area contributed by atoms with Crippen LogP contribution in [0.1, 0.15) is 17.3 Å². The summed E-state index contributed by atoms with van der Waals surface area (Å²) in [4.78, 5) is 11.1. The molecule has 0 heterocycles. The van der Waals surface area contributed by atoms with E-state index >= 15 is 0 Å². The fraction of sp³-hybridized carbons (Fsp3) is 0.364. The van der Waals surface area contributed by atoms with Crippen LogP contribution >= 0.6 is 23.2 Å². The molecule has 0 spiro atoms. The second-order valence-corrected chi connectivity index (χ2v) is 3.89. The Morgan fingerprint density at radius 3 is 1.83 bits per heavy atom. The predicted molar refractivity (Wildman–Crippen MR) is 67.7 cm³/mol. The zero-order valence-corrected chi connectivity index (χ0v) is 11.6. The van der Waals surface area contributed by atoms with E-state index in [1.54, 1.807) is 6.92 Å². The Labute approximate surface area is 114 Å². The topological polar surface area (TPSA) is 65.0 Å². The van der Waals surface area contributed by atoms with Crippen LogP contribution in [0.25, 0.3) is 0 Å². The monoisotopic (exact) mass is 294 g/mol. The second kappa shape index (κ2) is 6.02. The Hall–Kier alpha value is -1.33. The molecule has 1 aromatic rings. The molecule has 0 fully saturated rings. The van der Waals surface area contributed by atoms with Crippen molar-refractivity contribution in [1.29, 1.82) is 0 Å². The highest BCUT2D eigenvalue weighted by Crippen LogP contribution is 2.49. The number of carbonyl (C=O) groups is 1. The fourth-order valence-corrected chi connectivity index (χ4v) is 2.18. The third kappa shape index (κ3) is 2.42. The summed E-state index contributed by atoms with van der Waals surface area (Å²) in [6.07, 6.45) is 0. The molecule has 5 nitrogen and oxygen atoms in total. The molecule has 0 atom stereocenters. The fourth-order valence-electron chi connectivity index (χ4n) is 1.45. The van der Waals surface area contributed by atoms with Crippen molar-refractivity contribution in [1.82, 2.24) is 0 Å². The van der Waals surface area contributed by atoms with Crippen molar-refractivity contribution in [3.8, 4) is 17.2 Å².